The summed E-state index contributed by atoms with van der Waals surface area (Å²) in [6, 6.07) is 11.2. The average Bonchev–Trinajstić information content (AvgIpc) is 2.42. The number of nitrogens with one attached hydrogen (secondary N) is 1. The molecule has 106 valence electrons. The van der Waals surface area contributed by atoms with Crippen LogP contribution in [0.3, 0.4) is 0 Å². The number of hydrogen-bond acceptors (Lipinski definition) is 1. The number of hydrogen-bond donors (Lipinski definition) is 1. The summed E-state index contributed by atoms with van der Waals surface area (Å²) in [5.41, 5.74) is 2.03. The minimum Gasteiger partial charge on any atom is -0.310 e. The second kappa shape index (κ2) is 6.95. The molecule has 0 aromatic heterocycles. The summed E-state index contributed by atoms with van der Waals surface area (Å²) >= 11 is 3.38. The maximum atomic E-state index is 13.1. The largest absolute Gasteiger partial charge is 0.310 e. The fourth-order valence-corrected chi connectivity index (χ4v) is 2.67. The number of benzene rings is 2. The third kappa shape index (κ3) is 3.87. The highest BCUT2D eigenvalue weighted by molar-refractivity contribution is 9.10. The Labute approximate surface area is 126 Å². The van der Waals surface area contributed by atoms with Crippen molar-refractivity contribution in [1.82, 2.24) is 5.32 Å². The Morgan fingerprint density at radius 3 is 2.30 bits per heavy atom. The topological polar surface area (TPSA) is 12.0 Å². The molecule has 0 amide bonds. The lowest BCUT2D eigenvalue weighted by Crippen LogP contribution is -2.23. The van der Waals surface area contributed by atoms with Crippen LogP contribution in [0.2, 0.25) is 0 Å². The number of rotatable bonds is 5. The molecule has 2 aromatic rings. The van der Waals surface area contributed by atoms with Crippen molar-refractivity contribution in [2.24, 2.45) is 0 Å². The van der Waals surface area contributed by atoms with Gasteiger partial charge < -0.3 is 5.32 Å². The molecule has 0 fully saturated rings. The van der Waals surface area contributed by atoms with Crippen LogP contribution in [-0.4, -0.2) is 6.54 Å². The first-order chi connectivity index (χ1) is 9.60. The van der Waals surface area contributed by atoms with E-state index in [1.807, 2.05) is 6.92 Å². The summed E-state index contributed by atoms with van der Waals surface area (Å²) < 4.78 is 26.9. The predicted octanol–water partition coefficient (Wildman–Crippen LogP) is 4.62. The lowest BCUT2D eigenvalue weighted by atomic mass is 9.98. The van der Waals surface area contributed by atoms with E-state index in [4.69, 9.17) is 0 Å². The Hall–Kier alpha value is -1.26. The van der Waals surface area contributed by atoms with Gasteiger partial charge in [0.2, 0.25) is 0 Å². The fraction of sp³-hybridized carbons (Fsp3) is 0.250. The molecule has 20 heavy (non-hydrogen) atoms. The Morgan fingerprint density at radius 1 is 1.05 bits per heavy atom. The van der Waals surface area contributed by atoms with Crippen LogP contribution in [-0.2, 0) is 6.42 Å². The SMILES string of the molecule is CCNC(Cc1ccc(F)cc1Br)c1ccc(F)cc1. The molecule has 1 N–H and O–H groups in total. The maximum absolute atomic E-state index is 13.1. The van der Waals surface area contributed by atoms with Gasteiger partial charge in [-0.1, -0.05) is 41.1 Å². The molecule has 0 heterocycles. The van der Waals surface area contributed by atoms with E-state index in [-0.39, 0.29) is 17.7 Å². The molecule has 0 saturated carbocycles. The van der Waals surface area contributed by atoms with Crippen molar-refractivity contribution in [1.29, 1.82) is 0 Å². The zero-order chi connectivity index (χ0) is 14.5. The molecular formula is C16H16BrF2N. The van der Waals surface area contributed by atoms with Gasteiger partial charge in [0.25, 0.3) is 0 Å². The number of halogens is 3. The molecule has 0 aliphatic rings. The highest BCUT2D eigenvalue weighted by Gasteiger charge is 2.13. The summed E-state index contributed by atoms with van der Waals surface area (Å²) in [6.07, 6.45) is 0.709. The standard InChI is InChI=1S/C16H16BrF2N/c1-2-20-16(11-3-6-13(18)7-4-11)9-12-5-8-14(19)10-15(12)17/h3-8,10,16,20H,2,9H2,1H3. The van der Waals surface area contributed by atoms with Crippen molar-refractivity contribution in [2.45, 2.75) is 19.4 Å². The van der Waals surface area contributed by atoms with E-state index >= 15 is 0 Å². The van der Waals surface area contributed by atoms with E-state index in [0.717, 1.165) is 22.1 Å². The minimum absolute atomic E-state index is 0.0716. The molecule has 0 spiro atoms. The van der Waals surface area contributed by atoms with Gasteiger partial charge in [-0.2, -0.15) is 0 Å². The van der Waals surface area contributed by atoms with Crippen LogP contribution in [0.15, 0.2) is 46.9 Å². The van der Waals surface area contributed by atoms with Crippen molar-refractivity contribution >= 4 is 15.9 Å². The van der Waals surface area contributed by atoms with Gasteiger partial charge in [-0.05, 0) is 48.4 Å². The first-order valence-electron chi connectivity index (χ1n) is 6.53. The van der Waals surface area contributed by atoms with Gasteiger partial charge in [0.15, 0.2) is 0 Å². The zero-order valence-corrected chi connectivity index (χ0v) is 12.8. The van der Waals surface area contributed by atoms with E-state index in [9.17, 15) is 8.78 Å². The van der Waals surface area contributed by atoms with Crippen molar-refractivity contribution < 1.29 is 8.78 Å². The molecule has 0 bridgehead atoms. The normalized spacial score (nSPS) is 12.4. The first kappa shape index (κ1) is 15.1. The molecule has 0 radical (unpaired) electrons. The summed E-state index contributed by atoms with van der Waals surface area (Å²) in [6.45, 7) is 2.83. The van der Waals surface area contributed by atoms with Crippen LogP contribution in [0, 0.1) is 11.6 Å². The molecular weight excluding hydrogens is 324 g/mol. The summed E-state index contributed by atoms with van der Waals surface area (Å²) in [5.74, 6) is -0.505. The van der Waals surface area contributed by atoms with Crippen LogP contribution in [0.1, 0.15) is 24.1 Å². The third-order valence-electron chi connectivity index (χ3n) is 3.16. The molecule has 0 aliphatic heterocycles. The van der Waals surface area contributed by atoms with Crippen molar-refractivity contribution in [2.75, 3.05) is 6.54 Å². The molecule has 4 heteroatoms. The monoisotopic (exact) mass is 339 g/mol. The average molecular weight is 340 g/mol. The van der Waals surface area contributed by atoms with Gasteiger partial charge in [-0.15, -0.1) is 0 Å². The summed E-state index contributed by atoms with van der Waals surface area (Å²) in [5, 5.41) is 3.37. The fourth-order valence-electron chi connectivity index (χ4n) is 2.16. The molecule has 0 aliphatic carbocycles. The van der Waals surface area contributed by atoms with Crippen LogP contribution in [0.25, 0.3) is 0 Å². The minimum atomic E-state index is -0.262. The summed E-state index contributed by atoms with van der Waals surface area (Å²) in [7, 11) is 0. The molecule has 1 atom stereocenters. The Bertz CT molecular complexity index is 569. The lowest BCUT2D eigenvalue weighted by molar-refractivity contribution is 0.545. The van der Waals surface area contributed by atoms with Gasteiger partial charge in [-0.25, -0.2) is 8.78 Å². The first-order valence-corrected chi connectivity index (χ1v) is 7.32. The maximum Gasteiger partial charge on any atom is 0.124 e. The van der Waals surface area contributed by atoms with Gasteiger partial charge in [-0.3, -0.25) is 0 Å². The second-order valence-electron chi connectivity index (χ2n) is 4.60. The van der Waals surface area contributed by atoms with E-state index < -0.39 is 0 Å². The molecule has 2 aromatic carbocycles. The number of likely N-dealkylation sites (N-methyl/N-ethyl adjacent to an activating group) is 1. The van der Waals surface area contributed by atoms with E-state index in [1.165, 1.54) is 24.3 Å². The quantitative estimate of drug-likeness (QED) is 0.837. The van der Waals surface area contributed by atoms with Crippen molar-refractivity contribution in [3.63, 3.8) is 0 Å². The smallest absolute Gasteiger partial charge is 0.124 e. The second-order valence-corrected chi connectivity index (χ2v) is 5.46. The highest BCUT2D eigenvalue weighted by Crippen LogP contribution is 2.25. The van der Waals surface area contributed by atoms with Crippen LogP contribution in [0.4, 0.5) is 8.78 Å². The van der Waals surface area contributed by atoms with Gasteiger partial charge in [0.1, 0.15) is 11.6 Å². The van der Waals surface area contributed by atoms with Gasteiger partial charge in [0.05, 0.1) is 0 Å². The van der Waals surface area contributed by atoms with E-state index in [0.29, 0.717) is 6.42 Å². The molecule has 0 saturated heterocycles. The van der Waals surface area contributed by atoms with Crippen molar-refractivity contribution in [3.8, 4) is 0 Å². The Balaban J connectivity index is 2.22. The Morgan fingerprint density at radius 2 is 1.70 bits per heavy atom. The van der Waals surface area contributed by atoms with Crippen LogP contribution >= 0.6 is 15.9 Å². The zero-order valence-electron chi connectivity index (χ0n) is 11.2. The lowest BCUT2D eigenvalue weighted by Gasteiger charge is -2.19. The molecule has 1 unspecified atom stereocenters. The Kier molecular flexibility index (Phi) is 5.26. The van der Waals surface area contributed by atoms with Crippen molar-refractivity contribution in [3.05, 3.63) is 69.7 Å². The molecule has 2 rings (SSSR count). The van der Waals surface area contributed by atoms with E-state index in [2.05, 4.69) is 21.2 Å². The predicted molar refractivity (Wildman–Crippen MR) is 80.6 cm³/mol. The summed E-state index contributed by atoms with van der Waals surface area (Å²) in [4.78, 5) is 0. The van der Waals surface area contributed by atoms with Crippen LogP contribution < -0.4 is 5.32 Å². The van der Waals surface area contributed by atoms with Crippen LogP contribution in [0.5, 0.6) is 0 Å². The van der Waals surface area contributed by atoms with Gasteiger partial charge >= 0.3 is 0 Å². The van der Waals surface area contributed by atoms with Gasteiger partial charge in [0, 0.05) is 10.5 Å². The third-order valence-corrected chi connectivity index (χ3v) is 3.90. The van der Waals surface area contributed by atoms with E-state index in [1.54, 1.807) is 18.2 Å². The highest BCUT2D eigenvalue weighted by atomic mass is 79.9. The molecule has 1 nitrogen and oxygen atoms in total.